The van der Waals surface area contributed by atoms with Crippen molar-refractivity contribution >= 4 is 29.0 Å². The molecule has 0 bridgehead atoms. The maximum absolute atomic E-state index is 11.7. The van der Waals surface area contributed by atoms with Crippen LogP contribution in [0.4, 0.5) is 16.2 Å². The van der Waals surface area contributed by atoms with E-state index in [9.17, 15) is 4.79 Å². The summed E-state index contributed by atoms with van der Waals surface area (Å²) in [5.74, 6) is 0. The Morgan fingerprint density at radius 1 is 1.05 bits per heavy atom. The number of urea groups is 1. The predicted octanol–water partition coefficient (Wildman–Crippen LogP) is 3.29. The third-order valence-corrected chi connectivity index (χ3v) is 3.03. The van der Waals surface area contributed by atoms with Crippen LogP contribution in [0.15, 0.2) is 48.5 Å². The number of rotatable bonds is 4. The Morgan fingerprint density at radius 3 is 2.35 bits per heavy atom. The molecule has 2 rings (SSSR count). The lowest BCUT2D eigenvalue weighted by molar-refractivity contribution is 0.252. The van der Waals surface area contributed by atoms with Crippen molar-refractivity contribution < 1.29 is 4.79 Å². The first-order valence-electron chi connectivity index (χ1n) is 6.28. The van der Waals surface area contributed by atoms with Crippen LogP contribution in [-0.2, 0) is 6.42 Å². The number of hydrogen-bond donors (Lipinski definition) is 3. The summed E-state index contributed by atoms with van der Waals surface area (Å²) in [7, 11) is 0. The zero-order valence-corrected chi connectivity index (χ0v) is 11.7. The molecule has 2 aromatic rings. The van der Waals surface area contributed by atoms with Crippen molar-refractivity contribution in [2.75, 3.05) is 17.6 Å². The van der Waals surface area contributed by atoms with E-state index in [4.69, 9.17) is 17.3 Å². The second-order valence-electron chi connectivity index (χ2n) is 4.38. The average molecular weight is 290 g/mol. The first-order chi connectivity index (χ1) is 9.63. The van der Waals surface area contributed by atoms with Gasteiger partial charge in [0.2, 0.25) is 0 Å². The van der Waals surface area contributed by atoms with E-state index in [1.807, 2.05) is 24.3 Å². The summed E-state index contributed by atoms with van der Waals surface area (Å²) < 4.78 is 0. The molecule has 104 valence electrons. The van der Waals surface area contributed by atoms with Gasteiger partial charge in [0.05, 0.1) is 0 Å². The highest BCUT2D eigenvalue weighted by Crippen LogP contribution is 2.13. The Bertz CT molecular complexity index is 567. The largest absolute Gasteiger partial charge is 0.399 e. The van der Waals surface area contributed by atoms with Gasteiger partial charge in [0.1, 0.15) is 0 Å². The monoisotopic (exact) mass is 289 g/mol. The van der Waals surface area contributed by atoms with Crippen LogP contribution in [-0.4, -0.2) is 12.6 Å². The SMILES string of the molecule is Nc1ccc(CCNC(=O)Nc2ccc(Cl)cc2)cc1. The number of amides is 2. The summed E-state index contributed by atoms with van der Waals surface area (Å²) in [6, 6.07) is 14.3. The van der Waals surface area contributed by atoms with Crippen LogP contribution in [0.5, 0.6) is 0 Å². The fourth-order valence-electron chi connectivity index (χ4n) is 1.71. The van der Waals surface area contributed by atoms with Crippen LogP contribution < -0.4 is 16.4 Å². The molecule has 0 atom stereocenters. The van der Waals surface area contributed by atoms with Gasteiger partial charge in [-0.25, -0.2) is 4.79 Å². The van der Waals surface area contributed by atoms with E-state index >= 15 is 0 Å². The Balaban J connectivity index is 1.75. The van der Waals surface area contributed by atoms with E-state index in [-0.39, 0.29) is 6.03 Å². The first-order valence-corrected chi connectivity index (χ1v) is 6.66. The minimum atomic E-state index is -0.234. The molecule has 2 amide bonds. The lowest BCUT2D eigenvalue weighted by atomic mass is 10.1. The van der Waals surface area contributed by atoms with Crippen LogP contribution in [0.2, 0.25) is 5.02 Å². The van der Waals surface area contributed by atoms with Gasteiger partial charge in [0.25, 0.3) is 0 Å². The zero-order valence-electron chi connectivity index (χ0n) is 10.9. The molecular weight excluding hydrogens is 274 g/mol. The van der Waals surface area contributed by atoms with Gasteiger partial charge in [0.15, 0.2) is 0 Å². The first kappa shape index (κ1) is 14.2. The number of nitrogens with one attached hydrogen (secondary N) is 2. The van der Waals surface area contributed by atoms with E-state index in [2.05, 4.69) is 10.6 Å². The molecule has 0 aromatic heterocycles. The molecule has 0 aliphatic rings. The highest BCUT2D eigenvalue weighted by Gasteiger charge is 2.01. The number of carbonyl (C=O) groups is 1. The summed E-state index contributed by atoms with van der Waals surface area (Å²) in [6.45, 7) is 0.559. The second kappa shape index (κ2) is 6.82. The molecule has 0 aliphatic heterocycles. The van der Waals surface area contributed by atoms with Gasteiger partial charge in [0, 0.05) is 22.9 Å². The fraction of sp³-hybridized carbons (Fsp3) is 0.133. The average Bonchev–Trinajstić information content (AvgIpc) is 2.44. The molecule has 0 radical (unpaired) electrons. The number of nitrogens with two attached hydrogens (primary N) is 1. The smallest absolute Gasteiger partial charge is 0.319 e. The minimum Gasteiger partial charge on any atom is -0.399 e. The fourth-order valence-corrected chi connectivity index (χ4v) is 1.84. The second-order valence-corrected chi connectivity index (χ2v) is 4.82. The molecule has 0 unspecified atom stereocenters. The molecular formula is C15H16ClN3O. The molecule has 0 fully saturated rings. The molecule has 0 spiro atoms. The van der Waals surface area contributed by atoms with E-state index in [1.54, 1.807) is 24.3 Å². The van der Waals surface area contributed by atoms with Crippen molar-refractivity contribution in [1.29, 1.82) is 0 Å². The summed E-state index contributed by atoms with van der Waals surface area (Å²) in [6.07, 6.45) is 0.758. The summed E-state index contributed by atoms with van der Waals surface area (Å²) >= 11 is 5.77. The standard InChI is InChI=1S/C15H16ClN3O/c16-12-3-7-14(8-4-12)19-15(20)18-10-9-11-1-5-13(17)6-2-11/h1-8H,9-10,17H2,(H2,18,19,20). The van der Waals surface area contributed by atoms with Crippen molar-refractivity contribution in [3.05, 3.63) is 59.1 Å². The molecule has 20 heavy (non-hydrogen) atoms. The third-order valence-electron chi connectivity index (χ3n) is 2.78. The van der Waals surface area contributed by atoms with Crippen LogP contribution in [0.3, 0.4) is 0 Å². The molecule has 0 saturated heterocycles. The van der Waals surface area contributed by atoms with Crippen molar-refractivity contribution in [3.8, 4) is 0 Å². The van der Waals surface area contributed by atoms with Gasteiger partial charge in [-0.15, -0.1) is 0 Å². The topological polar surface area (TPSA) is 67.1 Å². The maximum atomic E-state index is 11.7. The normalized spacial score (nSPS) is 10.1. The summed E-state index contributed by atoms with van der Waals surface area (Å²) in [4.78, 5) is 11.7. The Kier molecular flexibility index (Phi) is 4.85. The number of nitrogen functional groups attached to an aromatic ring is 1. The van der Waals surface area contributed by atoms with Gasteiger partial charge in [-0.05, 0) is 48.4 Å². The number of halogens is 1. The lowest BCUT2D eigenvalue weighted by Gasteiger charge is -2.08. The van der Waals surface area contributed by atoms with Gasteiger partial charge in [-0.3, -0.25) is 0 Å². The highest BCUT2D eigenvalue weighted by atomic mass is 35.5. The Morgan fingerprint density at radius 2 is 1.70 bits per heavy atom. The number of anilines is 2. The van der Waals surface area contributed by atoms with Crippen molar-refractivity contribution in [2.24, 2.45) is 0 Å². The van der Waals surface area contributed by atoms with Crippen LogP contribution >= 0.6 is 11.6 Å². The van der Waals surface area contributed by atoms with Gasteiger partial charge in [-0.2, -0.15) is 0 Å². The maximum Gasteiger partial charge on any atom is 0.319 e. The molecule has 2 aromatic carbocycles. The van der Waals surface area contributed by atoms with Gasteiger partial charge >= 0.3 is 6.03 Å². The molecule has 4 N–H and O–H groups in total. The Labute approximate surface area is 122 Å². The Hall–Kier alpha value is -2.20. The lowest BCUT2D eigenvalue weighted by Crippen LogP contribution is -2.30. The summed E-state index contributed by atoms with van der Waals surface area (Å²) in [5.41, 5.74) is 8.19. The highest BCUT2D eigenvalue weighted by molar-refractivity contribution is 6.30. The molecule has 0 saturated carbocycles. The minimum absolute atomic E-state index is 0.234. The van der Waals surface area contributed by atoms with E-state index in [0.29, 0.717) is 17.3 Å². The van der Waals surface area contributed by atoms with Gasteiger partial charge < -0.3 is 16.4 Å². The van der Waals surface area contributed by atoms with Crippen molar-refractivity contribution in [1.82, 2.24) is 5.32 Å². The van der Waals surface area contributed by atoms with Gasteiger partial charge in [-0.1, -0.05) is 23.7 Å². The van der Waals surface area contributed by atoms with Crippen molar-refractivity contribution in [3.63, 3.8) is 0 Å². The third kappa shape index (κ3) is 4.48. The quantitative estimate of drug-likeness (QED) is 0.756. The number of hydrogen-bond acceptors (Lipinski definition) is 2. The molecule has 0 heterocycles. The van der Waals surface area contributed by atoms with Crippen LogP contribution in [0.1, 0.15) is 5.56 Å². The number of carbonyl (C=O) groups excluding carboxylic acids is 1. The molecule has 5 heteroatoms. The number of benzene rings is 2. The molecule has 4 nitrogen and oxygen atoms in total. The summed E-state index contributed by atoms with van der Waals surface area (Å²) in [5, 5.41) is 6.17. The van der Waals surface area contributed by atoms with E-state index < -0.39 is 0 Å². The molecule has 0 aliphatic carbocycles. The zero-order chi connectivity index (χ0) is 14.4. The van der Waals surface area contributed by atoms with Crippen LogP contribution in [0.25, 0.3) is 0 Å². The predicted molar refractivity (Wildman–Crippen MR) is 83.0 cm³/mol. The van der Waals surface area contributed by atoms with E-state index in [1.165, 1.54) is 0 Å². The van der Waals surface area contributed by atoms with E-state index in [0.717, 1.165) is 17.7 Å². The van der Waals surface area contributed by atoms with Crippen LogP contribution in [0, 0.1) is 0 Å². The van der Waals surface area contributed by atoms with Crippen molar-refractivity contribution in [2.45, 2.75) is 6.42 Å².